The number of hydrogen-bond acceptors (Lipinski definition) is 2. The van der Waals surface area contributed by atoms with Crippen molar-refractivity contribution in [3.8, 4) is 0 Å². The van der Waals surface area contributed by atoms with Gasteiger partial charge in [0.05, 0.1) is 0 Å². The summed E-state index contributed by atoms with van der Waals surface area (Å²) in [6.07, 6.45) is -3.96. The van der Waals surface area contributed by atoms with Gasteiger partial charge in [0.25, 0.3) is 0 Å². The van der Waals surface area contributed by atoms with Crippen LogP contribution >= 0.6 is 11.3 Å². The molecule has 1 nitrogen and oxygen atoms in total. The lowest BCUT2D eigenvalue weighted by molar-refractivity contribution is -0.0957. The van der Waals surface area contributed by atoms with Gasteiger partial charge in [0.1, 0.15) is 0 Å². The number of rotatable bonds is 3. The lowest BCUT2D eigenvalue weighted by Crippen LogP contribution is -2.36. The molecule has 6 heteroatoms. The molecule has 0 aliphatic rings. The van der Waals surface area contributed by atoms with Gasteiger partial charge in [-0.15, -0.1) is 11.3 Å². The Hall–Kier alpha value is -0.910. The van der Waals surface area contributed by atoms with Gasteiger partial charge in [-0.3, -0.25) is 4.79 Å². The van der Waals surface area contributed by atoms with Crippen LogP contribution in [0.15, 0.2) is 11.4 Å². The van der Waals surface area contributed by atoms with Gasteiger partial charge in [-0.1, -0.05) is 0 Å². The Morgan fingerprint density at radius 2 is 2.07 bits per heavy atom. The average Bonchev–Trinajstić information content (AvgIpc) is 2.50. The Morgan fingerprint density at radius 1 is 1.50 bits per heavy atom. The molecule has 1 aromatic heterocycles. The molecule has 0 atom stereocenters. The number of halogens is 4. The number of aryl methyl sites for hydroxylation is 1. The predicted octanol–water partition coefficient (Wildman–Crippen LogP) is 3.14. The van der Waals surface area contributed by atoms with Gasteiger partial charge in [0, 0.05) is 15.8 Å². The van der Waals surface area contributed by atoms with E-state index in [0.717, 1.165) is 16.7 Å². The standard InChI is InChI=1S/C8H6F4OS/c1-4-2-5(3-14-4)6(13)8(11,12)7(9)10/h2-3,7H,1H3. The van der Waals surface area contributed by atoms with Crippen molar-refractivity contribution in [2.75, 3.05) is 0 Å². The zero-order valence-electron chi connectivity index (χ0n) is 7.06. The minimum Gasteiger partial charge on any atom is -0.287 e. The van der Waals surface area contributed by atoms with Crippen molar-refractivity contribution in [3.63, 3.8) is 0 Å². The number of ketones is 1. The third-order valence-corrected chi connectivity index (χ3v) is 2.43. The highest BCUT2D eigenvalue weighted by molar-refractivity contribution is 7.10. The fourth-order valence-corrected chi connectivity index (χ4v) is 1.54. The van der Waals surface area contributed by atoms with E-state index in [1.54, 1.807) is 6.92 Å². The van der Waals surface area contributed by atoms with Crippen LogP contribution in [-0.2, 0) is 0 Å². The topological polar surface area (TPSA) is 17.1 Å². The lowest BCUT2D eigenvalue weighted by atomic mass is 10.1. The van der Waals surface area contributed by atoms with Crippen LogP contribution in [0.3, 0.4) is 0 Å². The summed E-state index contributed by atoms with van der Waals surface area (Å²) in [5.74, 6) is -6.41. The van der Waals surface area contributed by atoms with E-state index < -0.39 is 18.1 Å². The van der Waals surface area contributed by atoms with Crippen LogP contribution in [0.25, 0.3) is 0 Å². The van der Waals surface area contributed by atoms with Crippen molar-refractivity contribution in [2.45, 2.75) is 19.3 Å². The summed E-state index contributed by atoms with van der Waals surface area (Å²) in [5, 5.41) is 1.15. The van der Waals surface area contributed by atoms with E-state index in [0.29, 0.717) is 4.88 Å². The van der Waals surface area contributed by atoms with Crippen LogP contribution in [0, 0.1) is 6.92 Å². The first-order chi connectivity index (χ1) is 6.35. The van der Waals surface area contributed by atoms with Gasteiger partial charge in [0.2, 0.25) is 5.78 Å². The van der Waals surface area contributed by atoms with Crippen molar-refractivity contribution in [3.05, 3.63) is 21.9 Å². The fraction of sp³-hybridized carbons (Fsp3) is 0.375. The summed E-state index contributed by atoms with van der Waals surface area (Å²) in [7, 11) is 0. The molecule has 0 radical (unpaired) electrons. The first kappa shape index (κ1) is 11.2. The normalized spacial score (nSPS) is 12.1. The minimum atomic E-state index is -4.59. The van der Waals surface area contributed by atoms with E-state index in [1.165, 1.54) is 6.07 Å². The molecule has 0 aliphatic carbocycles. The lowest BCUT2D eigenvalue weighted by Gasteiger charge is -2.12. The molecule has 0 N–H and O–H groups in total. The fourth-order valence-electron chi connectivity index (χ4n) is 0.854. The molecule has 14 heavy (non-hydrogen) atoms. The Labute approximate surface area is 81.4 Å². The number of Topliss-reactive ketones (excluding diaryl/α,β-unsaturated/α-hetero) is 1. The minimum absolute atomic E-state index is 0.363. The summed E-state index contributed by atoms with van der Waals surface area (Å²) in [6, 6.07) is 1.17. The largest absolute Gasteiger partial charge is 0.368 e. The van der Waals surface area contributed by atoms with Gasteiger partial charge < -0.3 is 0 Å². The second-order valence-corrected chi connectivity index (χ2v) is 3.81. The zero-order chi connectivity index (χ0) is 10.9. The van der Waals surface area contributed by atoms with Crippen molar-refractivity contribution < 1.29 is 22.4 Å². The molecule has 0 amide bonds. The van der Waals surface area contributed by atoms with E-state index in [-0.39, 0.29) is 5.56 Å². The van der Waals surface area contributed by atoms with Crippen LogP contribution in [0.1, 0.15) is 15.2 Å². The number of thiophene rings is 1. The molecule has 0 spiro atoms. The second kappa shape index (κ2) is 3.68. The van der Waals surface area contributed by atoms with Crippen molar-refractivity contribution in [1.29, 1.82) is 0 Å². The number of carbonyl (C=O) groups is 1. The maximum Gasteiger partial charge on any atom is 0.368 e. The highest BCUT2D eigenvalue weighted by Crippen LogP contribution is 2.28. The van der Waals surface area contributed by atoms with Gasteiger partial charge in [-0.05, 0) is 13.0 Å². The molecule has 1 heterocycles. The molecule has 0 saturated heterocycles. The van der Waals surface area contributed by atoms with Gasteiger partial charge >= 0.3 is 12.3 Å². The Morgan fingerprint density at radius 3 is 2.43 bits per heavy atom. The summed E-state index contributed by atoms with van der Waals surface area (Å²) in [5.41, 5.74) is -0.363. The Balaban J connectivity index is 2.96. The molecule has 0 saturated carbocycles. The molecule has 1 rings (SSSR count). The molecule has 78 valence electrons. The third kappa shape index (κ3) is 1.95. The number of carbonyl (C=O) groups excluding carboxylic acids is 1. The molecule has 0 aliphatic heterocycles. The molecule has 0 fully saturated rings. The molecule has 1 aromatic rings. The van der Waals surface area contributed by atoms with E-state index in [4.69, 9.17) is 0 Å². The van der Waals surface area contributed by atoms with Crippen LogP contribution in [0.5, 0.6) is 0 Å². The second-order valence-electron chi connectivity index (χ2n) is 2.70. The average molecular weight is 226 g/mol. The predicted molar refractivity (Wildman–Crippen MR) is 44.3 cm³/mol. The van der Waals surface area contributed by atoms with E-state index in [2.05, 4.69) is 0 Å². The quantitative estimate of drug-likeness (QED) is 0.571. The highest BCUT2D eigenvalue weighted by atomic mass is 32.1. The maximum absolute atomic E-state index is 12.5. The van der Waals surface area contributed by atoms with E-state index in [9.17, 15) is 22.4 Å². The number of alkyl halides is 4. The van der Waals surface area contributed by atoms with Gasteiger partial charge in [-0.25, -0.2) is 8.78 Å². The summed E-state index contributed by atoms with van der Waals surface area (Å²) in [4.78, 5) is 11.5. The first-order valence-corrected chi connectivity index (χ1v) is 4.49. The van der Waals surface area contributed by atoms with Crippen LogP contribution < -0.4 is 0 Å². The van der Waals surface area contributed by atoms with Crippen LogP contribution in [0.4, 0.5) is 17.6 Å². The maximum atomic E-state index is 12.5. The summed E-state index contributed by atoms with van der Waals surface area (Å²) in [6.45, 7) is 1.60. The molecular weight excluding hydrogens is 220 g/mol. The summed E-state index contributed by atoms with van der Waals surface area (Å²) < 4.78 is 48.7. The van der Waals surface area contributed by atoms with Crippen molar-refractivity contribution in [1.82, 2.24) is 0 Å². The monoisotopic (exact) mass is 226 g/mol. The van der Waals surface area contributed by atoms with Crippen molar-refractivity contribution >= 4 is 17.1 Å². The highest BCUT2D eigenvalue weighted by Gasteiger charge is 2.49. The number of hydrogen-bond donors (Lipinski definition) is 0. The van der Waals surface area contributed by atoms with Crippen LogP contribution in [0.2, 0.25) is 0 Å². The summed E-state index contributed by atoms with van der Waals surface area (Å²) >= 11 is 1.06. The zero-order valence-corrected chi connectivity index (χ0v) is 7.88. The van der Waals surface area contributed by atoms with Gasteiger partial charge in [0.15, 0.2) is 0 Å². The van der Waals surface area contributed by atoms with E-state index >= 15 is 0 Å². The smallest absolute Gasteiger partial charge is 0.287 e. The van der Waals surface area contributed by atoms with E-state index in [1.807, 2.05) is 0 Å². The van der Waals surface area contributed by atoms with Gasteiger partial charge in [-0.2, -0.15) is 8.78 Å². The third-order valence-electron chi connectivity index (χ3n) is 1.57. The Bertz CT molecular complexity index is 345. The molecule has 0 unspecified atom stereocenters. The molecular formula is C8H6F4OS. The van der Waals surface area contributed by atoms with Crippen molar-refractivity contribution in [2.24, 2.45) is 0 Å². The van der Waals surface area contributed by atoms with Crippen LogP contribution in [-0.4, -0.2) is 18.1 Å². The Kier molecular flexibility index (Phi) is 2.94. The SMILES string of the molecule is Cc1cc(C(=O)C(F)(F)C(F)F)cs1. The molecule has 0 aromatic carbocycles. The first-order valence-electron chi connectivity index (χ1n) is 3.61. The molecule has 0 bridgehead atoms.